The van der Waals surface area contributed by atoms with Gasteiger partial charge in [0.05, 0.1) is 11.3 Å². The molecule has 1 heterocycles. The molecule has 0 aromatic carbocycles. The van der Waals surface area contributed by atoms with Crippen LogP contribution in [0.2, 0.25) is 0 Å². The van der Waals surface area contributed by atoms with E-state index in [1.54, 1.807) is 7.11 Å². The van der Waals surface area contributed by atoms with Crippen LogP contribution in [0.5, 0.6) is 0 Å². The van der Waals surface area contributed by atoms with Crippen LogP contribution in [-0.4, -0.2) is 28.2 Å². The Bertz CT molecular complexity index is 453. The third-order valence-corrected chi connectivity index (χ3v) is 3.06. The monoisotopic (exact) mass is 236 g/mol. The maximum atomic E-state index is 11.1. The third kappa shape index (κ3) is 2.29. The highest BCUT2D eigenvalue weighted by atomic mass is 16.5. The number of rotatable bonds is 4. The molecule has 0 atom stereocenters. The van der Waals surface area contributed by atoms with Gasteiger partial charge in [0.2, 0.25) is 0 Å². The number of carboxylic acid groups (broad SMARTS) is 1. The van der Waals surface area contributed by atoms with Crippen LogP contribution in [-0.2, 0) is 10.3 Å². The van der Waals surface area contributed by atoms with E-state index >= 15 is 0 Å². The normalized spacial score (nSPS) is 15.9. The Hall–Kier alpha value is -1.49. The van der Waals surface area contributed by atoms with Crippen molar-refractivity contribution < 1.29 is 14.6 Å². The molecule has 0 amide bonds. The zero-order valence-electron chi connectivity index (χ0n) is 10.2. The van der Waals surface area contributed by atoms with Crippen molar-refractivity contribution in [2.24, 2.45) is 0 Å². The second-order valence-electron chi connectivity index (χ2n) is 4.79. The summed E-state index contributed by atoms with van der Waals surface area (Å²) in [7, 11) is 1.59. The Labute approximate surface area is 99.9 Å². The van der Waals surface area contributed by atoms with Gasteiger partial charge in [-0.1, -0.05) is 0 Å². The third-order valence-electron chi connectivity index (χ3n) is 3.06. The molecule has 1 fully saturated rings. The number of nitrogens with zero attached hydrogens (tertiary/aromatic N) is 2. The Balaban J connectivity index is 2.46. The first-order valence-corrected chi connectivity index (χ1v) is 5.61. The quantitative estimate of drug-likeness (QED) is 0.864. The fourth-order valence-electron chi connectivity index (χ4n) is 1.61. The molecule has 1 aliphatic rings. The van der Waals surface area contributed by atoms with E-state index in [0.29, 0.717) is 11.5 Å². The van der Waals surface area contributed by atoms with Gasteiger partial charge in [0.1, 0.15) is 5.60 Å². The average Bonchev–Trinajstić information content (AvgIpc) is 3.12. The number of hydrogen-bond acceptors (Lipinski definition) is 4. The van der Waals surface area contributed by atoms with Crippen LogP contribution in [0, 0.1) is 0 Å². The molecule has 0 spiro atoms. The van der Waals surface area contributed by atoms with Crippen molar-refractivity contribution in [3.05, 3.63) is 23.3 Å². The molecule has 0 aliphatic heterocycles. The van der Waals surface area contributed by atoms with E-state index in [9.17, 15) is 4.79 Å². The minimum atomic E-state index is -0.964. The highest BCUT2D eigenvalue weighted by molar-refractivity contribution is 5.88. The molecule has 17 heavy (non-hydrogen) atoms. The maximum Gasteiger partial charge on any atom is 0.339 e. The lowest BCUT2D eigenvalue weighted by atomic mass is 10.1. The highest BCUT2D eigenvalue weighted by Crippen LogP contribution is 2.41. The summed E-state index contributed by atoms with van der Waals surface area (Å²) < 4.78 is 5.31. The highest BCUT2D eigenvalue weighted by Gasteiger charge is 2.32. The van der Waals surface area contributed by atoms with Crippen molar-refractivity contribution in [2.45, 2.75) is 38.2 Å². The van der Waals surface area contributed by atoms with Crippen LogP contribution in [0.1, 0.15) is 54.5 Å². The molecule has 92 valence electrons. The summed E-state index contributed by atoms with van der Waals surface area (Å²) in [6.45, 7) is 3.72. The van der Waals surface area contributed by atoms with Gasteiger partial charge in [0, 0.05) is 19.2 Å². The molecule has 0 saturated heterocycles. The molecule has 1 aromatic heterocycles. The van der Waals surface area contributed by atoms with Crippen molar-refractivity contribution in [1.29, 1.82) is 0 Å². The Kier molecular flexibility index (Phi) is 2.87. The topological polar surface area (TPSA) is 72.3 Å². The van der Waals surface area contributed by atoms with Gasteiger partial charge in [0.25, 0.3) is 0 Å². The van der Waals surface area contributed by atoms with E-state index < -0.39 is 11.6 Å². The Morgan fingerprint density at radius 2 is 2.18 bits per heavy atom. The summed E-state index contributed by atoms with van der Waals surface area (Å²) in [4.78, 5) is 19.6. The SMILES string of the molecule is COC(C)(C)c1ncc(C(=O)O)c(C2CC2)n1. The number of ether oxygens (including phenoxy) is 1. The van der Waals surface area contributed by atoms with Gasteiger partial charge in [-0.15, -0.1) is 0 Å². The van der Waals surface area contributed by atoms with Gasteiger partial charge >= 0.3 is 5.97 Å². The van der Waals surface area contributed by atoms with E-state index in [1.807, 2.05) is 13.8 Å². The predicted octanol–water partition coefficient (Wildman–Crippen LogP) is 1.93. The second kappa shape index (κ2) is 4.07. The van der Waals surface area contributed by atoms with Gasteiger partial charge in [-0.2, -0.15) is 0 Å². The van der Waals surface area contributed by atoms with E-state index in [-0.39, 0.29) is 11.5 Å². The zero-order chi connectivity index (χ0) is 12.6. The molecule has 5 heteroatoms. The predicted molar refractivity (Wildman–Crippen MR) is 61.0 cm³/mol. The van der Waals surface area contributed by atoms with E-state index in [4.69, 9.17) is 9.84 Å². The number of methoxy groups -OCH3 is 1. The van der Waals surface area contributed by atoms with Crippen LogP contribution in [0.15, 0.2) is 6.20 Å². The fraction of sp³-hybridized carbons (Fsp3) is 0.583. The summed E-state index contributed by atoms with van der Waals surface area (Å²) in [5.74, 6) is -0.156. The van der Waals surface area contributed by atoms with Crippen molar-refractivity contribution in [3.8, 4) is 0 Å². The molecular weight excluding hydrogens is 220 g/mol. The van der Waals surface area contributed by atoms with Gasteiger partial charge < -0.3 is 9.84 Å². The number of carboxylic acids is 1. The number of aromatic nitrogens is 2. The molecule has 1 N–H and O–H groups in total. The molecule has 1 aliphatic carbocycles. The molecule has 0 bridgehead atoms. The molecule has 1 saturated carbocycles. The standard InChI is InChI=1S/C12H16N2O3/c1-12(2,17-3)11-13-6-8(10(15)16)9(14-11)7-4-5-7/h6-7H,4-5H2,1-3H3,(H,15,16). The minimum absolute atomic E-state index is 0.211. The van der Waals surface area contributed by atoms with Crippen molar-refractivity contribution in [3.63, 3.8) is 0 Å². The summed E-state index contributed by atoms with van der Waals surface area (Å²) >= 11 is 0. The minimum Gasteiger partial charge on any atom is -0.478 e. The number of hydrogen-bond donors (Lipinski definition) is 1. The summed E-state index contributed by atoms with van der Waals surface area (Å²) in [6, 6.07) is 0. The summed E-state index contributed by atoms with van der Waals surface area (Å²) in [5, 5.41) is 9.08. The molecule has 1 aromatic rings. The zero-order valence-corrected chi connectivity index (χ0v) is 10.2. The molecule has 0 radical (unpaired) electrons. The van der Waals surface area contributed by atoms with Crippen LogP contribution in [0.25, 0.3) is 0 Å². The Morgan fingerprint density at radius 1 is 1.53 bits per heavy atom. The van der Waals surface area contributed by atoms with Gasteiger partial charge in [-0.25, -0.2) is 14.8 Å². The summed E-state index contributed by atoms with van der Waals surface area (Å²) in [6.07, 6.45) is 3.40. The van der Waals surface area contributed by atoms with E-state index in [2.05, 4.69) is 9.97 Å². The summed E-state index contributed by atoms with van der Waals surface area (Å²) in [5.41, 5.74) is 0.261. The number of carbonyl (C=O) groups is 1. The van der Waals surface area contributed by atoms with Gasteiger partial charge in [0.15, 0.2) is 5.82 Å². The van der Waals surface area contributed by atoms with Crippen LogP contribution in [0.3, 0.4) is 0 Å². The van der Waals surface area contributed by atoms with Crippen molar-refractivity contribution >= 4 is 5.97 Å². The van der Waals surface area contributed by atoms with Crippen LogP contribution < -0.4 is 0 Å². The van der Waals surface area contributed by atoms with E-state index in [0.717, 1.165) is 12.8 Å². The first kappa shape index (κ1) is 12.0. The second-order valence-corrected chi connectivity index (χ2v) is 4.79. The largest absolute Gasteiger partial charge is 0.478 e. The van der Waals surface area contributed by atoms with E-state index in [1.165, 1.54) is 6.20 Å². The molecular formula is C12H16N2O3. The van der Waals surface area contributed by atoms with Gasteiger partial charge in [-0.05, 0) is 26.7 Å². The van der Waals surface area contributed by atoms with Crippen LogP contribution >= 0.6 is 0 Å². The maximum absolute atomic E-state index is 11.1. The van der Waals surface area contributed by atoms with Crippen molar-refractivity contribution in [1.82, 2.24) is 9.97 Å². The lowest BCUT2D eigenvalue weighted by Crippen LogP contribution is -2.24. The smallest absolute Gasteiger partial charge is 0.339 e. The first-order valence-electron chi connectivity index (χ1n) is 5.61. The Morgan fingerprint density at radius 3 is 2.65 bits per heavy atom. The fourth-order valence-corrected chi connectivity index (χ4v) is 1.61. The molecule has 5 nitrogen and oxygen atoms in total. The molecule has 0 unspecified atom stereocenters. The molecule has 2 rings (SSSR count). The first-order chi connectivity index (χ1) is 7.95. The number of aromatic carboxylic acids is 1. The lowest BCUT2D eigenvalue weighted by molar-refractivity contribution is 0.0111. The average molecular weight is 236 g/mol. The van der Waals surface area contributed by atoms with Crippen LogP contribution in [0.4, 0.5) is 0 Å². The lowest BCUT2D eigenvalue weighted by Gasteiger charge is -2.21. The van der Waals surface area contributed by atoms with Gasteiger partial charge in [-0.3, -0.25) is 0 Å². The van der Waals surface area contributed by atoms with Crippen molar-refractivity contribution in [2.75, 3.05) is 7.11 Å².